The maximum atomic E-state index is 11.5. The van der Waals surface area contributed by atoms with Gasteiger partial charge in [0.1, 0.15) is 0 Å². The van der Waals surface area contributed by atoms with Gasteiger partial charge in [-0.1, -0.05) is 11.6 Å². The highest BCUT2D eigenvalue weighted by Gasteiger charge is 2.14. The Bertz CT molecular complexity index is 419. The fraction of sp³-hybridized carbons (Fsp3) is 0.429. The molecule has 0 saturated carbocycles. The molecule has 0 saturated heterocycles. The van der Waals surface area contributed by atoms with Gasteiger partial charge in [-0.15, -0.1) is 0 Å². The summed E-state index contributed by atoms with van der Waals surface area (Å²) in [5.74, 6) is -0.728. The van der Waals surface area contributed by atoms with Crippen molar-refractivity contribution in [3.63, 3.8) is 0 Å². The van der Waals surface area contributed by atoms with Gasteiger partial charge in [-0.3, -0.25) is 4.79 Å². The quantitative estimate of drug-likeness (QED) is 0.564. The molecule has 0 aromatic heterocycles. The minimum Gasteiger partial charge on any atom is -0.470 e. The van der Waals surface area contributed by atoms with Crippen LogP contribution in [-0.4, -0.2) is 13.1 Å². The second kappa shape index (κ2) is 4.69. The number of hydrogen-bond donors (Lipinski definition) is 0. The van der Waals surface area contributed by atoms with E-state index in [4.69, 9.17) is 4.74 Å². The molecule has 1 rings (SSSR count). The van der Waals surface area contributed by atoms with Crippen molar-refractivity contribution in [2.75, 3.05) is 7.11 Å². The smallest absolute Gasteiger partial charge is 0.282 e. The Kier molecular flexibility index (Phi) is 3.74. The number of esters is 1. The SMILES string of the molecule is [CH2-]C(C(=O)OC)c1cc(C)c(C)c(C)c1C. The first kappa shape index (κ1) is 12.8. The third-order valence-electron chi connectivity index (χ3n) is 3.38. The molecule has 0 N–H and O–H groups in total. The lowest BCUT2D eigenvalue weighted by molar-refractivity contribution is -0.141. The first-order valence-electron chi connectivity index (χ1n) is 5.38. The molecule has 0 fully saturated rings. The summed E-state index contributed by atoms with van der Waals surface area (Å²) in [6.45, 7) is 12.1. The Balaban J connectivity index is 3.30. The first-order chi connectivity index (χ1) is 7.40. The van der Waals surface area contributed by atoms with Crippen molar-refractivity contribution >= 4 is 5.97 Å². The second-order valence-electron chi connectivity index (χ2n) is 4.23. The van der Waals surface area contributed by atoms with Crippen LogP contribution in [0.25, 0.3) is 0 Å². The van der Waals surface area contributed by atoms with Crippen LogP contribution in [-0.2, 0) is 9.53 Å². The molecule has 0 bridgehead atoms. The maximum absolute atomic E-state index is 11.5. The molecule has 0 aliphatic heterocycles. The molecule has 1 aromatic rings. The number of rotatable bonds is 2. The van der Waals surface area contributed by atoms with Gasteiger partial charge in [0.15, 0.2) is 0 Å². The molecule has 0 spiro atoms. The van der Waals surface area contributed by atoms with Crippen molar-refractivity contribution in [3.8, 4) is 0 Å². The zero-order valence-electron chi connectivity index (χ0n) is 10.7. The summed E-state index contributed by atoms with van der Waals surface area (Å²) < 4.78 is 4.73. The van der Waals surface area contributed by atoms with Crippen molar-refractivity contribution in [2.24, 2.45) is 0 Å². The summed E-state index contributed by atoms with van der Waals surface area (Å²) in [5.41, 5.74) is 5.79. The summed E-state index contributed by atoms with van der Waals surface area (Å²) in [4.78, 5) is 11.5. The number of aryl methyl sites for hydroxylation is 1. The molecule has 0 aliphatic carbocycles. The Morgan fingerprint density at radius 2 is 1.75 bits per heavy atom. The molecule has 0 radical (unpaired) electrons. The van der Waals surface area contributed by atoms with Gasteiger partial charge in [0.25, 0.3) is 5.97 Å². The van der Waals surface area contributed by atoms with E-state index in [2.05, 4.69) is 27.7 Å². The molecule has 0 amide bonds. The molecular weight excluding hydrogens is 200 g/mol. The highest BCUT2D eigenvalue weighted by atomic mass is 16.5. The van der Waals surface area contributed by atoms with Crippen LogP contribution in [0.15, 0.2) is 6.07 Å². The number of hydrogen-bond acceptors (Lipinski definition) is 2. The van der Waals surface area contributed by atoms with Gasteiger partial charge >= 0.3 is 0 Å². The third kappa shape index (κ3) is 2.11. The number of methoxy groups -OCH3 is 1. The Labute approximate surface area is 97.6 Å². The van der Waals surface area contributed by atoms with Crippen LogP contribution in [0.1, 0.15) is 33.7 Å². The monoisotopic (exact) mass is 219 g/mol. The van der Waals surface area contributed by atoms with Gasteiger partial charge in [-0.05, 0) is 55.9 Å². The predicted octanol–water partition coefficient (Wildman–Crippen LogP) is 3.01. The fourth-order valence-corrected chi connectivity index (χ4v) is 1.87. The largest absolute Gasteiger partial charge is 0.470 e. The molecule has 1 aromatic carbocycles. The summed E-state index contributed by atoms with van der Waals surface area (Å²) in [6.07, 6.45) is 0. The lowest BCUT2D eigenvalue weighted by Crippen LogP contribution is -2.13. The van der Waals surface area contributed by atoms with E-state index in [9.17, 15) is 4.79 Å². The highest BCUT2D eigenvalue weighted by molar-refractivity contribution is 5.79. The Morgan fingerprint density at radius 3 is 2.25 bits per heavy atom. The van der Waals surface area contributed by atoms with Crippen molar-refractivity contribution in [1.29, 1.82) is 0 Å². The minimum absolute atomic E-state index is 0.286. The second-order valence-corrected chi connectivity index (χ2v) is 4.23. The minimum atomic E-state index is -0.442. The normalized spacial score (nSPS) is 12.4. The van der Waals surface area contributed by atoms with Gasteiger partial charge in [0.2, 0.25) is 0 Å². The maximum Gasteiger partial charge on any atom is 0.282 e. The molecule has 0 aliphatic rings. The van der Waals surface area contributed by atoms with E-state index in [1.807, 2.05) is 13.0 Å². The summed E-state index contributed by atoms with van der Waals surface area (Å²) in [6, 6.07) is 2.03. The number of carbonyl (C=O) groups excluding carboxylic acids is 1. The molecule has 16 heavy (non-hydrogen) atoms. The fourth-order valence-electron chi connectivity index (χ4n) is 1.87. The molecular formula is C14H19O2-. The zero-order valence-corrected chi connectivity index (χ0v) is 10.7. The van der Waals surface area contributed by atoms with Crippen molar-refractivity contribution in [3.05, 3.63) is 40.8 Å². The van der Waals surface area contributed by atoms with E-state index < -0.39 is 5.92 Å². The first-order valence-corrected chi connectivity index (χ1v) is 5.38. The van der Waals surface area contributed by atoms with E-state index in [1.54, 1.807) is 0 Å². The molecule has 1 unspecified atom stereocenters. The zero-order chi connectivity index (χ0) is 12.5. The Morgan fingerprint density at radius 1 is 1.19 bits per heavy atom. The molecule has 2 nitrogen and oxygen atoms in total. The van der Waals surface area contributed by atoms with Crippen LogP contribution in [0.2, 0.25) is 0 Å². The standard InChI is InChI=1S/C14H19O2/c1-8-7-13(12(5)14(15)16-6)11(4)10(3)9(8)2/h7,12H,5H2,1-4,6H3/q-1. The third-order valence-corrected chi connectivity index (χ3v) is 3.38. The van der Waals surface area contributed by atoms with Crippen molar-refractivity contribution < 1.29 is 9.53 Å². The van der Waals surface area contributed by atoms with Crippen LogP contribution < -0.4 is 0 Å². The molecule has 2 heteroatoms. The highest BCUT2D eigenvalue weighted by Crippen LogP contribution is 2.27. The molecule has 88 valence electrons. The van der Waals surface area contributed by atoms with Crippen molar-refractivity contribution in [1.82, 2.24) is 0 Å². The Hall–Kier alpha value is -1.31. The number of benzene rings is 1. The van der Waals surface area contributed by atoms with E-state index in [0.29, 0.717) is 0 Å². The number of carbonyl (C=O) groups is 1. The summed E-state index contributed by atoms with van der Waals surface area (Å²) >= 11 is 0. The predicted molar refractivity (Wildman–Crippen MR) is 65.5 cm³/mol. The summed E-state index contributed by atoms with van der Waals surface area (Å²) in [7, 11) is 1.39. The van der Waals surface area contributed by atoms with Gasteiger partial charge in [-0.2, -0.15) is 0 Å². The van der Waals surface area contributed by atoms with Gasteiger partial charge in [-0.25, -0.2) is 0 Å². The van der Waals surface area contributed by atoms with E-state index in [1.165, 1.54) is 23.8 Å². The lowest BCUT2D eigenvalue weighted by Gasteiger charge is -2.22. The summed E-state index contributed by atoms with van der Waals surface area (Å²) in [5, 5.41) is 0. The number of ether oxygens (including phenoxy) is 1. The van der Waals surface area contributed by atoms with E-state index >= 15 is 0 Å². The van der Waals surface area contributed by atoms with Crippen LogP contribution in [0.5, 0.6) is 0 Å². The van der Waals surface area contributed by atoms with Crippen LogP contribution >= 0.6 is 0 Å². The van der Waals surface area contributed by atoms with Crippen LogP contribution in [0.3, 0.4) is 0 Å². The lowest BCUT2D eigenvalue weighted by atomic mass is 9.88. The molecule has 0 heterocycles. The van der Waals surface area contributed by atoms with Crippen LogP contribution in [0.4, 0.5) is 0 Å². The average molecular weight is 219 g/mol. The van der Waals surface area contributed by atoms with Gasteiger partial charge in [0.05, 0.1) is 7.11 Å². The average Bonchev–Trinajstić information content (AvgIpc) is 2.29. The van der Waals surface area contributed by atoms with Gasteiger partial charge in [0, 0.05) is 0 Å². The van der Waals surface area contributed by atoms with Crippen molar-refractivity contribution in [2.45, 2.75) is 33.6 Å². The van der Waals surface area contributed by atoms with Crippen LogP contribution in [0, 0.1) is 34.6 Å². The van der Waals surface area contributed by atoms with E-state index in [0.717, 1.165) is 11.1 Å². The topological polar surface area (TPSA) is 26.3 Å². The molecule has 1 atom stereocenters. The van der Waals surface area contributed by atoms with Gasteiger partial charge < -0.3 is 11.7 Å². The van der Waals surface area contributed by atoms with E-state index in [-0.39, 0.29) is 5.97 Å².